The number of nitrogens with zero attached hydrogens (tertiary/aromatic N) is 2. The molecular formula is C65H46N2. The van der Waals surface area contributed by atoms with Crippen molar-refractivity contribution in [2.45, 2.75) is 19.3 Å². The Bertz CT molecular complexity index is 3900. The summed E-state index contributed by atoms with van der Waals surface area (Å²) in [6.45, 7) is 4.72. The second kappa shape index (κ2) is 15.3. The molecule has 0 unspecified atom stereocenters. The van der Waals surface area contributed by atoms with Crippen LogP contribution in [0.4, 0.5) is 17.1 Å². The van der Waals surface area contributed by atoms with Gasteiger partial charge in [0.1, 0.15) is 0 Å². The highest BCUT2D eigenvalue weighted by Gasteiger charge is 2.35. The van der Waals surface area contributed by atoms with Gasteiger partial charge in [-0.05, 0) is 150 Å². The van der Waals surface area contributed by atoms with Crippen LogP contribution in [0.25, 0.3) is 93.5 Å². The molecule has 316 valence electrons. The van der Waals surface area contributed by atoms with Crippen molar-refractivity contribution in [1.82, 2.24) is 4.57 Å². The summed E-state index contributed by atoms with van der Waals surface area (Å²) in [4.78, 5) is 2.43. The molecule has 0 radical (unpaired) electrons. The van der Waals surface area contributed by atoms with Gasteiger partial charge in [0.2, 0.25) is 0 Å². The van der Waals surface area contributed by atoms with E-state index >= 15 is 0 Å². The van der Waals surface area contributed by atoms with Crippen LogP contribution in [0.2, 0.25) is 0 Å². The zero-order valence-corrected chi connectivity index (χ0v) is 37.5. The van der Waals surface area contributed by atoms with Gasteiger partial charge >= 0.3 is 0 Å². The van der Waals surface area contributed by atoms with Crippen molar-refractivity contribution in [2.24, 2.45) is 0 Å². The number of benzene rings is 11. The van der Waals surface area contributed by atoms with Crippen LogP contribution in [0, 0.1) is 0 Å². The lowest BCUT2D eigenvalue weighted by Gasteiger charge is -2.28. The van der Waals surface area contributed by atoms with Gasteiger partial charge in [-0.25, -0.2) is 0 Å². The van der Waals surface area contributed by atoms with Crippen LogP contribution in [0.3, 0.4) is 0 Å². The number of hydrogen-bond acceptors (Lipinski definition) is 1. The molecule has 0 aliphatic heterocycles. The van der Waals surface area contributed by atoms with E-state index in [1.807, 2.05) is 0 Å². The standard InChI is InChI=1S/C65H46N2/c1-65(2)61-26-9-7-23-57(61)58-36-35-54(42-62(58)65)66(51-32-29-45(30-33-51)56-25-13-17-44-15-5-6-22-55(44)56)52-21-12-20-49(40-52)46-18-11-19-47(38-46)50-31-37-64-60(41-50)59-24-8-10-27-63(59)67(64)53-34-28-43-14-3-4-16-48(43)39-53/h3-42H,1-2H3. The summed E-state index contributed by atoms with van der Waals surface area (Å²) >= 11 is 0. The summed E-state index contributed by atoms with van der Waals surface area (Å²) < 4.78 is 2.41. The van der Waals surface area contributed by atoms with E-state index < -0.39 is 0 Å². The predicted molar refractivity (Wildman–Crippen MR) is 284 cm³/mol. The molecule has 0 saturated heterocycles. The molecule has 0 spiro atoms. The molecule has 0 saturated carbocycles. The molecule has 11 aromatic carbocycles. The molecule has 13 rings (SSSR count). The topological polar surface area (TPSA) is 8.17 Å². The van der Waals surface area contributed by atoms with E-state index in [-0.39, 0.29) is 5.41 Å². The zero-order chi connectivity index (χ0) is 44.6. The van der Waals surface area contributed by atoms with E-state index in [0.29, 0.717) is 0 Å². The zero-order valence-electron chi connectivity index (χ0n) is 37.5. The monoisotopic (exact) mass is 854 g/mol. The molecule has 0 bridgehead atoms. The Morgan fingerprint density at radius 2 is 0.896 bits per heavy atom. The van der Waals surface area contributed by atoms with Crippen LogP contribution in [0.1, 0.15) is 25.0 Å². The molecule has 1 aromatic heterocycles. The maximum Gasteiger partial charge on any atom is 0.0541 e. The van der Waals surface area contributed by atoms with Crippen LogP contribution in [0.5, 0.6) is 0 Å². The van der Waals surface area contributed by atoms with Gasteiger partial charge in [-0.2, -0.15) is 0 Å². The van der Waals surface area contributed by atoms with Gasteiger partial charge in [-0.1, -0.05) is 184 Å². The van der Waals surface area contributed by atoms with Gasteiger partial charge in [0.15, 0.2) is 0 Å². The number of fused-ring (bicyclic) bond motifs is 8. The van der Waals surface area contributed by atoms with Crippen molar-refractivity contribution in [2.75, 3.05) is 4.90 Å². The van der Waals surface area contributed by atoms with E-state index in [0.717, 1.165) is 17.1 Å². The molecule has 12 aromatic rings. The van der Waals surface area contributed by atoms with E-state index in [2.05, 4.69) is 266 Å². The molecule has 1 aliphatic rings. The molecule has 1 aliphatic carbocycles. The van der Waals surface area contributed by atoms with Crippen LogP contribution in [-0.4, -0.2) is 4.57 Å². The molecule has 0 atom stereocenters. The van der Waals surface area contributed by atoms with E-state index in [1.165, 1.54) is 105 Å². The van der Waals surface area contributed by atoms with Gasteiger partial charge in [-0.15, -0.1) is 0 Å². The molecule has 2 nitrogen and oxygen atoms in total. The normalized spacial score (nSPS) is 12.7. The molecule has 0 fully saturated rings. The molecular weight excluding hydrogens is 809 g/mol. The predicted octanol–water partition coefficient (Wildman–Crippen LogP) is 17.9. The first-order chi connectivity index (χ1) is 33.0. The van der Waals surface area contributed by atoms with Crippen LogP contribution in [0.15, 0.2) is 243 Å². The fraction of sp³-hybridized carbons (Fsp3) is 0.0462. The first-order valence-electron chi connectivity index (χ1n) is 23.3. The average molecular weight is 855 g/mol. The molecule has 0 N–H and O–H groups in total. The lowest BCUT2D eigenvalue weighted by Crippen LogP contribution is -2.16. The molecule has 0 amide bonds. The number of anilines is 3. The van der Waals surface area contributed by atoms with Crippen molar-refractivity contribution in [3.8, 4) is 50.2 Å². The minimum absolute atomic E-state index is 0.123. The molecule has 67 heavy (non-hydrogen) atoms. The maximum atomic E-state index is 2.43. The van der Waals surface area contributed by atoms with E-state index in [1.54, 1.807) is 0 Å². The third-order valence-electron chi connectivity index (χ3n) is 14.3. The molecule has 2 heteroatoms. The Morgan fingerprint density at radius 3 is 1.75 bits per heavy atom. The number of rotatable bonds is 7. The highest BCUT2D eigenvalue weighted by atomic mass is 15.1. The Kier molecular flexibility index (Phi) is 8.91. The van der Waals surface area contributed by atoms with E-state index in [9.17, 15) is 0 Å². The largest absolute Gasteiger partial charge is 0.310 e. The van der Waals surface area contributed by atoms with Crippen molar-refractivity contribution < 1.29 is 0 Å². The van der Waals surface area contributed by atoms with Crippen LogP contribution in [-0.2, 0) is 5.41 Å². The average Bonchev–Trinajstić information content (AvgIpc) is 3.84. The van der Waals surface area contributed by atoms with Crippen molar-refractivity contribution >= 4 is 60.4 Å². The third-order valence-corrected chi connectivity index (χ3v) is 14.3. The summed E-state index contributed by atoms with van der Waals surface area (Å²) in [6.07, 6.45) is 0. The van der Waals surface area contributed by atoms with Crippen LogP contribution >= 0.6 is 0 Å². The minimum atomic E-state index is -0.123. The number of para-hydroxylation sites is 1. The Labute approximate surface area is 391 Å². The lowest BCUT2D eigenvalue weighted by molar-refractivity contribution is 0.660. The maximum absolute atomic E-state index is 2.43. The number of aromatic nitrogens is 1. The van der Waals surface area contributed by atoms with E-state index in [4.69, 9.17) is 0 Å². The fourth-order valence-corrected chi connectivity index (χ4v) is 11.0. The first-order valence-corrected chi connectivity index (χ1v) is 23.3. The number of hydrogen-bond donors (Lipinski definition) is 0. The molecule has 1 heterocycles. The van der Waals surface area contributed by atoms with Crippen molar-refractivity contribution in [3.05, 3.63) is 254 Å². The Balaban J connectivity index is 0.903. The summed E-state index contributed by atoms with van der Waals surface area (Å²) in [6, 6.07) is 89.5. The summed E-state index contributed by atoms with van der Waals surface area (Å²) in [7, 11) is 0. The summed E-state index contributed by atoms with van der Waals surface area (Å²) in [5.41, 5.74) is 19.4. The minimum Gasteiger partial charge on any atom is -0.310 e. The van der Waals surface area contributed by atoms with Crippen LogP contribution < -0.4 is 4.90 Å². The second-order valence-corrected chi connectivity index (χ2v) is 18.6. The summed E-state index contributed by atoms with van der Waals surface area (Å²) in [5.74, 6) is 0. The quantitative estimate of drug-likeness (QED) is 0.155. The second-order valence-electron chi connectivity index (χ2n) is 18.6. The Hall–Kier alpha value is -8.46. The van der Waals surface area contributed by atoms with Gasteiger partial charge in [0.25, 0.3) is 0 Å². The SMILES string of the molecule is CC1(C)c2ccccc2-c2ccc(N(c3ccc(-c4cccc5ccccc45)cc3)c3cccc(-c4cccc(-c5ccc6c(c5)c5ccccc5n6-c5ccc6ccccc6c5)c4)c3)cc21. The lowest BCUT2D eigenvalue weighted by atomic mass is 9.82. The van der Waals surface area contributed by atoms with Gasteiger partial charge in [-0.3, -0.25) is 0 Å². The highest BCUT2D eigenvalue weighted by Crippen LogP contribution is 2.51. The highest BCUT2D eigenvalue weighted by molar-refractivity contribution is 6.11. The fourth-order valence-electron chi connectivity index (χ4n) is 11.0. The third kappa shape index (κ3) is 6.40. The van der Waals surface area contributed by atoms with Gasteiger partial charge in [0, 0.05) is 38.9 Å². The van der Waals surface area contributed by atoms with Crippen molar-refractivity contribution in [3.63, 3.8) is 0 Å². The van der Waals surface area contributed by atoms with Crippen molar-refractivity contribution in [1.29, 1.82) is 0 Å². The summed E-state index contributed by atoms with van der Waals surface area (Å²) in [5, 5.41) is 7.49. The van der Waals surface area contributed by atoms with Gasteiger partial charge < -0.3 is 9.47 Å². The van der Waals surface area contributed by atoms with Gasteiger partial charge in [0.05, 0.1) is 11.0 Å². The Morgan fingerprint density at radius 1 is 0.313 bits per heavy atom. The smallest absolute Gasteiger partial charge is 0.0541 e. The first kappa shape index (κ1) is 39.0.